The molecule has 2 aromatic rings. The molecule has 0 aromatic heterocycles. The number of benzene rings is 2. The van der Waals surface area contributed by atoms with Gasteiger partial charge in [0.1, 0.15) is 5.75 Å². The smallest absolute Gasteiger partial charge is 0.259 e. The molecule has 0 aliphatic carbocycles. The highest BCUT2D eigenvalue weighted by molar-refractivity contribution is 6.04. The lowest BCUT2D eigenvalue weighted by molar-refractivity contribution is -0.120. The topological polar surface area (TPSA) is 98.2 Å². The molecule has 2 N–H and O–H groups in total. The van der Waals surface area contributed by atoms with Crippen LogP contribution in [0.4, 0.5) is 0 Å². The zero-order valence-electron chi connectivity index (χ0n) is 15.7. The van der Waals surface area contributed by atoms with Gasteiger partial charge in [-0.25, -0.2) is 5.43 Å². The summed E-state index contributed by atoms with van der Waals surface area (Å²) >= 11 is 0. The van der Waals surface area contributed by atoms with E-state index in [4.69, 9.17) is 14.2 Å². The maximum Gasteiger partial charge on any atom is 0.259 e. The van der Waals surface area contributed by atoms with E-state index in [1.807, 2.05) is 24.3 Å². The Labute approximate surface area is 162 Å². The Kier molecular flexibility index (Phi) is 6.11. The number of para-hydroxylation sites is 1. The van der Waals surface area contributed by atoms with E-state index >= 15 is 0 Å². The van der Waals surface area contributed by atoms with Gasteiger partial charge in [-0.1, -0.05) is 12.1 Å². The lowest BCUT2D eigenvalue weighted by Crippen LogP contribution is -2.35. The van der Waals surface area contributed by atoms with Crippen LogP contribution in [0.25, 0.3) is 0 Å². The summed E-state index contributed by atoms with van der Waals surface area (Å²) in [6.45, 7) is 0.295. The highest BCUT2D eigenvalue weighted by Gasteiger charge is 2.17. The van der Waals surface area contributed by atoms with Crippen molar-refractivity contribution in [2.75, 3.05) is 27.4 Å². The summed E-state index contributed by atoms with van der Waals surface area (Å²) in [5.74, 6) is 0.863. The summed E-state index contributed by atoms with van der Waals surface area (Å²) in [5, 5.41) is 6.73. The molecule has 146 valence electrons. The number of amides is 2. The molecule has 0 saturated heterocycles. The number of rotatable bonds is 6. The Morgan fingerprint density at radius 3 is 2.68 bits per heavy atom. The maximum atomic E-state index is 12.2. The van der Waals surface area contributed by atoms with E-state index in [9.17, 15) is 9.59 Å². The van der Waals surface area contributed by atoms with Crippen LogP contribution in [0.3, 0.4) is 0 Å². The first kappa shape index (κ1) is 19.2. The van der Waals surface area contributed by atoms with Crippen molar-refractivity contribution in [3.8, 4) is 17.2 Å². The van der Waals surface area contributed by atoms with E-state index in [2.05, 4.69) is 15.8 Å². The zero-order chi connectivity index (χ0) is 19.9. The average molecular weight is 383 g/mol. The third-order valence-electron chi connectivity index (χ3n) is 4.17. The Bertz CT molecular complexity index is 910. The lowest BCUT2D eigenvalue weighted by Gasteiger charge is -2.18. The van der Waals surface area contributed by atoms with Crippen LogP contribution >= 0.6 is 0 Å². The average Bonchev–Trinajstić information content (AvgIpc) is 2.75. The van der Waals surface area contributed by atoms with E-state index < -0.39 is 11.8 Å². The van der Waals surface area contributed by atoms with Gasteiger partial charge in [0.05, 0.1) is 33.1 Å². The molecule has 2 aromatic carbocycles. The minimum Gasteiger partial charge on any atom is -0.493 e. The molecular weight excluding hydrogens is 362 g/mol. The Morgan fingerprint density at radius 2 is 1.89 bits per heavy atom. The number of methoxy groups -OCH3 is 2. The molecule has 0 unspecified atom stereocenters. The molecule has 0 spiro atoms. The summed E-state index contributed by atoms with van der Waals surface area (Å²) in [6.07, 6.45) is 0.593. The van der Waals surface area contributed by atoms with Gasteiger partial charge in [-0.3, -0.25) is 9.59 Å². The highest BCUT2D eigenvalue weighted by atomic mass is 16.5. The minimum atomic E-state index is -0.426. The van der Waals surface area contributed by atoms with Crippen LogP contribution in [0.15, 0.2) is 47.6 Å². The molecule has 28 heavy (non-hydrogen) atoms. The zero-order valence-corrected chi connectivity index (χ0v) is 15.7. The third kappa shape index (κ3) is 4.40. The third-order valence-corrected chi connectivity index (χ3v) is 4.17. The van der Waals surface area contributed by atoms with Crippen molar-refractivity contribution in [3.63, 3.8) is 0 Å². The van der Waals surface area contributed by atoms with Gasteiger partial charge in [-0.15, -0.1) is 0 Å². The second kappa shape index (κ2) is 8.90. The fourth-order valence-corrected chi connectivity index (χ4v) is 2.75. The van der Waals surface area contributed by atoms with Crippen LogP contribution in [0, 0.1) is 0 Å². The van der Waals surface area contributed by atoms with Gasteiger partial charge >= 0.3 is 0 Å². The monoisotopic (exact) mass is 383 g/mol. The Balaban J connectivity index is 1.57. The van der Waals surface area contributed by atoms with Gasteiger partial charge in [0, 0.05) is 17.5 Å². The summed E-state index contributed by atoms with van der Waals surface area (Å²) in [4.78, 5) is 24.3. The Morgan fingerprint density at radius 1 is 1.11 bits per heavy atom. The van der Waals surface area contributed by atoms with E-state index in [0.717, 1.165) is 17.0 Å². The molecule has 0 atom stereocenters. The number of fused-ring (bicyclic) bond motifs is 1. The summed E-state index contributed by atoms with van der Waals surface area (Å²) in [5.41, 5.74) is 4.42. The van der Waals surface area contributed by atoms with Crippen molar-refractivity contribution in [1.82, 2.24) is 10.7 Å². The van der Waals surface area contributed by atoms with Crippen molar-refractivity contribution in [2.24, 2.45) is 5.10 Å². The SMILES string of the molecule is COc1ccc(C(=O)NCC(=O)N/N=C2\CCOc3ccccc32)cc1OC. The van der Waals surface area contributed by atoms with Crippen molar-refractivity contribution >= 4 is 17.5 Å². The number of hydrogen-bond acceptors (Lipinski definition) is 6. The van der Waals surface area contributed by atoms with Crippen LogP contribution in [0.5, 0.6) is 17.2 Å². The van der Waals surface area contributed by atoms with E-state index in [0.29, 0.717) is 30.1 Å². The number of ether oxygens (including phenoxy) is 3. The standard InChI is InChI=1S/C20H21N3O5/c1-26-17-8-7-13(11-18(17)27-2)20(25)21-12-19(24)23-22-15-9-10-28-16-6-4-3-5-14(15)16/h3-8,11H,9-10,12H2,1-2H3,(H,21,25)(H,23,24)/b22-15+. The Hall–Kier alpha value is -3.55. The first-order valence-corrected chi connectivity index (χ1v) is 8.70. The number of carbonyl (C=O) groups excluding carboxylic acids is 2. The number of carbonyl (C=O) groups is 2. The highest BCUT2D eigenvalue weighted by Crippen LogP contribution is 2.27. The molecule has 1 aliphatic rings. The van der Waals surface area contributed by atoms with Gasteiger partial charge < -0.3 is 19.5 Å². The molecule has 8 heteroatoms. The molecular formula is C20H21N3O5. The van der Waals surface area contributed by atoms with Crippen molar-refractivity contribution < 1.29 is 23.8 Å². The predicted molar refractivity (Wildman–Crippen MR) is 103 cm³/mol. The summed E-state index contributed by atoms with van der Waals surface area (Å²) < 4.78 is 15.9. The molecule has 0 saturated carbocycles. The minimum absolute atomic E-state index is 0.206. The number of hydrogen-bond donors (Lipinski definition) is 2. The van der Waals surface area contributed by atoms with Crippen molar-refractivity contribution in [2.45, 2.75) is 6.42 Å². The van der Waals surface area contributed by atoms with Gasteiger partial charge in [0.2, 0.25) is 0 Å². The van der Waals surface area contributed by atoms with Gasteiger partial charge in [-0.05, 0) is 30.3 Å². The normalized spacial score (nSPS) is 13.9. The van der Waals surface area contributed by atoms with Crippen LogP contribution in [0.1, 0.15) is 22.3 Å². The summed E-state index contributed by atoms with van der Waals surface area (Å²) in [7, 11) is 3.00. The lowest BCUT2D eigenvalue weighted by atomic mass is 10.0. The molecule has 0 fully saturated rings. The van der Waals surface area contributed by atoms with Crippen molar-refractivity contribution in [3.05, 3.63) is 53.6 Å². The molecule has 2 amide bonds. The fraction of sp³-hybridized carbons (Fsp3) is 0.250. The number of hydrazone groups is 1. The quantitative estimate of drug-likeness (QED) is 0.741. The van der Waals surface area contributed by atoms with E-state index in [-0.39, 0.29) is 6.54 Å². The van der Waals surface area contributed by atoms with E-state index in [1.54, 1.807) is 18.2 Å². The van der Waals surface area contributed by atoms with Crippen LogP contribution in [-0.2, 0) is 4.79 Å². The molecule has 8 nitrogen and oxygen atoms in total. The first-order chi connectivity index (χ1) is 13.6. The molecule has 1 aliphatic heterocycles. The number of nitrogens with one attached hydrogen (secondary N) is 2. The van der Waals surface area contributed by atoms with Crippen molar-refractivity contribution in [1.29, 1.82) is 0 Å². The van der Waals surface area contributed by atoms with Crippen LogP contribution < -0.4 is 25.0 Å². The second-order valence-electron chi connectivity index (χ2n) is 5.94. The van der Waals surface area contributed by atoms with Crippen LogP contribution in [-0.4, -0.2) is 44.9 Å². The van der Waals surface area contributed by atoms with Crippen LogP contribution in [0.2, 0.25) is 0 Å². The molecule has 0 radical (unpaired) electrons. The van der Waals surface area contributed by atoms with E-state index in [1.165, 1.54) is 14.2 Å². The fourth-order valence-electron chi connectivity index (χ4n) is 2.75. The molecule has 1 heterocycles. The predicted octanol–water partition coefficient (Wildman–Crippen LogP) is 1.74. The van der Waals surface area contributed by atoms with Gasteiger partial charge in [0.25, 0.3) is 11.8 Å². The van der Waals surface area contributed by atoms with Gasteiger partial charge in [-0.2, -0.15) is 5.10 Å². The molecule has 3 rings (SSSR count). The second-order valence-corrected chi connectivity index (χ2v) is 5.94. The van der Waals surface area contributed by atoms with Gasteiger partial charge in [0.15, 0.2) is 11.5 Å². The largest absolute Gasteiger partial charge is 0.493 e. The first-order valence-electron chi connectivity index (χ1n) is 8.70. The molecule has 0 bridgehead atoms. The summed E-state index contributed by atoms with van der Waals surface area (Å²) in [6, 6.07) is 12.3. The maximum absolute atomic E-state index is 12.2. The number of nitrogens with zero attached hydrogens (tertiary/aromatic N) is 1.